The summed E-state index contributed by atoms with van der Waals surface area (Å²) < 4.78 is 54.4. The highest BCUT2D eigenvalue weighted by Gasteiger charge is 2.51. The van der Waals surface area contributed by atoms with Crippen molar-refractivity contribution in [3.8, 4) is 0 Å². The third kappa shape index (κ3) is 23.6. The van der Waals surface area contributed by atoms with E-state index in [-0.39, 0.29) is 38.4 Å². The number of allylic oxidation sites excluding steroid dienone is 2. The van der Waals surface area contributed by atoms with Gasteiger partial charge in [-0.3, -0.25) is 18.4 Å². The van der Waals surface area contributed by atoms with E-state index in [1.807, 2.05) is 0 Å². The lowest BCUT2D eigenvalue weighted by atomic mass is 9.96. The minimum absolute atomic E-state index is 0.0144. The standard InChI is InChI=1S/C42H78NO10P/c1-7-11-13-15-16-17-18-19-20-21-22-23-24-26-28-30-38(44)43-39-41(49-34-31-36(48-6)29-27-25-14-12-8-2)40(37(35-47-5)52-42(39)45)53-54(46,50-32-9-3)51-33-10-4/h9-10,17-18,36-37,39-42,45H,3-4,7-8,11-16,19-35H2,1-2,5-6H3,(H,43,44)/b18-17-/t36?,37?,39-,40-,41?,42?/m1/s1. The van der Waals surface area contributed by atoms with Gasteiger partial charge in [0.25, 0.3) is 0 Å². The molecule has 1 amide bonds. The fraction of sp³-hybridized carbons (Fsp3) is 0.833. The fourth-order valence-electron chi connectivity index (χ4n) is 6.54. The number of aliphatic hydroxyl groups excluding tert-OH is 1. The Kier molecular flexibility index (Phi) is 31.6. The molecule has 4 unspecified atom stereocenters. The number of hydrogen-bond donors (Lipinski definition) is 2. The van der Waals surface area contributed by atoms with Gasteiger partial charge in [-0.15, -0.1) is 13.2 Å². The van der Waals surface area contributed by atoms with E-state index in [9.17, 15) is 14.5 Å². The van der Waals surface area contributed by atoms with Gasteiger partial charge < -0.3 is 29.4 Å². The molecule has 1 heterocycles. The number of phosphoric acid groups is 1. The second kappa shape index (κ2) is 33.7. The number of ether oxygens (including phenoxy) is 4. The van der Waals surface area contributed by atoms with Crippen LogP contribution in [0.2, 0.25) is 0 Å². The first-order valence-electron chi connectivity index (χ1n) is 21.0. The number of carbonyl (C=O) groups excluding carboxylic acids is 1. The van der Waals surface area contributed by atoms with Crippen LogP contribution in [0, 0.1) is 0 Å². The Bertz CT molecular complexity index is 998. The van der Waals surface area contributed by atoms with Crippen LogP contribution in [-0.2, 0) is 41.9 Å². The molecule has 0 bridgehead atoms. The Balaban J connectivity index is 2.86. The summed E-state index contributed by atoms with van der Waals surface area (Å²) in [6.07, 6.45) is 25.7. The third-order valence-electron chi connectivity index (χ3n) is 9.65. The van der Waals surface area contributed by atoms with Crippen molar-refractivity contribution < 1.29 is 47.0 Å². The minimum atomic E-state index is -4.21. The number of carbonyl (C=O) groups is 1. The number of rotatable bonds is 37. The molecule has 0 aromatic rings. The number of phosphoric ester groups is 1. The van der Waals surface area contributed by atoms with Crippen LogP contribution in [-0.4, -0.2) is 88.4 Å². The first-order valence-corrected chi connectivity index (χ1v) is 22.5. The highest BCUT2D eigenvalue weighted by atomic mass is 31.2. The maximum absolute atomic E-state index is 13.8. The lowest BCUT2D eigenvalue weighted by molar-refractivity contribution is -0.261. The average molecular weight is 788 g/mol. The summed E-state index contributed by atoms with van der Waals surface area (Å²) in [5, 5.41) is 14.2. The quantitative estimate of drug-likeness (QED) is 0.0356. The highest BCUT2D eigenvalue weighted by molar-refractivity contribution is 7.48. The van der Waals surface area contributed by atoms with E-state index >= 15 is 0 Å². The molecule has 0 aliphatic carbocycles. The van der Waals surface area contributed by atoms with Gasteiger partial charge in [-0.25, -0.2) is 4.57 Å². The third-order valence-corrected chi connectivity index (χ3v) is 11.1. The second-order valence-corrected chi connectivity index (χ2v) is 15.9. The Morgan fingerprint density at radius 2 is 1.35 bits per heavy atom. The predicted octanol–water partition coefficient (Wildman–Crippen LogP) is 9.92. The van der Waals surface area contributed by atoms with Crippen molar-refractivity contribution in [1.29, 1.82) is 0 Å². The lowest BCUT2D eigenvalue weighted by Crippen LogP contribution is -2.65. The van der Waals surface area contributed by atoms with Gasteiger partial charge in [0.2, 0.25) is 5.91 Å². The van der Waals surface area contributed by atoms with Gasteiger partial charge in [0.05, 0.1) is 25.9 Å². The van der Waals surface area contributed by atoms with Gasteiger partial charge in [-0.1, -0.05) is 122 Å². The summed E-state index contributed by atoms with van der Waals surface area (Å²) in [6, 6.07) is -1.02. The number of aliphatic hydroxyl groups is 1. The van der Waals surface area contributed by atoms with Crippen molar-refractivity contribution in [2.75, 3.05) is 40.6 Å². The molecule has 1 aliphatic rings. The Morgan fingerprint density at radius 3 is 1.93 bits per heavy atom. The van der Waals surface area contributed by atoms with Crippen LogP contribution in [0.3, 0.4) is 0 Å². The smallest absolute Gasteiger partial charge is 0.382 e. The first-order chi connectivity index (χ1) is 26.3. The summed E-state index contributed by atoms with van der Waals surface area (Å²) in [4.78, 5) is 13.3. The number of hydrogen-bond acceptors (Lipinski definition) is 10. The van der Waals surface area contributed by atoms with Crippen LogP contribution in [0.5, 0.6) is 0 Å². The summed E-state index contributed by atoms with van der Waals surface area (Å²) in [5.41, 5.74) is 0. The van der Waals surface area contributed by atoms with E-state index in [2.05, 4.69) is 44.5 Å². The molecule has 0 aromatic carbocycles. The molecular formula is C42H78NO10P. The van der Waals surface area contributed by atoms with E-state index in [0.717, 1.165) is 51.4 Å². The Labute approximate surface area is 328 Å². The number of methoxy groups -OCH3 is 2. The van der Waals surface area contributed by atoms with Crippen molar-refractivity contribution in [2.24, 2.45) is 0 Å². The average Bonchev–Trinajstić information content (AvgIpc) is 3.16. The molecule has 0 aromatic heterocycles. The van der Waals surface area contributed by atoms with E-state index in [4.69, 9.17) is 32.5 Å². The van der Waals surface area contributed by atoms with Crippen molar-refractivity contribution in [2.45, 2.75) is 185 Å². The van der Waals surface area contributed by atoms with Gasteiger partial charge in [-0.2, -0.15) is 0 Å². The molecule has 1 aliphatic heterocycles. The number of amides is 1. The molecule has 6 atom stereocenters. The van der Waals surface area contributed by atoms with Crippen LogP contribution in [0.15, 0.2) is 37.5 Å². The van der Waals surface area contributed by atoms with E-state index in [0.29, 0.717) is 12.8 Å². The fourth-order valence-corrected chi connectivity index (χ4v) is 7.86. The molecule has 1 rings (SSSR count). The molecule has 2 N–H and O–H groups in total. The molecule has 54 heavy (non-hydrogen) atoms. The van der Waals surface area contributed by atoms with E-state index < -0.39 is 38.5 Å². The second-order valence-electron chi connectivity index (χ2n) is 14.3. The van der Waals surface area contributed by atoms with Crippen LogP contribution < -0.4 is 5.32 Å². The summed E-state index contributed by atoms with van der Waals surface area (Å²) in [6.45, 7) is 11.7. The molecule has 11 nitrogen and oxygen atoms in total. The zero-order chi connectivity index (χ0) is 39.7. The highest BCUT2D eigenvalue weighted by Crippen LogP contribution is 2.52. The molecular weight excluding hydrogens is 709 g/mol. The maximum Gasteiger partial charge on any atom is 0.475 e. The predicted molar refractivity (Wildman–Crippen MR) is 217 cm³/mol. The maximum atomic E-state index is 13.8. The number of nitrogens with one attached hydrogen (secondary N) is 1. The van der Waals surface area contributed by atoms with Gasteiger partial charge in [0.1, 0.15) is 24.4 Å². The van der Waals surface area contributed by atoms with E-state index in [1.165, 1.54) is 89.9 Å². The summed E-state index contributed by atoms with van der Waals surface area (Å²) in [5.74, 6) is -0.238. The summed E-state index contributed by atoms with van der Waals surface area (Å²) >= 11 is 0. The molecule has 0 radical (unpaired) electrons. The molecule has 12 heteroatoms. The monoisotopic (exact) mass is 788 g/mol. The lowest BCUT2D eigenvalue weighted by Gasteiger charge is -2.45. The Hall–Kier alpha value is -1.40. The molecule has 1 fully saturated rings. The topological polar surface area (TPSA) is 131 Å². The SMILES string of the molecule is C=CCOP(=O)(OCC=C)O[C@@H]1C(COC)OC(O)[C@H](NC(=O)CCCCCCCCC/C=C\CCCCCC)C1OCCC(CCCCCCC)OC. The van der Waals surface area contributed by atoms with Crippen LogP contribution >= 0.6 is 7.82 Å². The van der Waals surface area contributed by atoms with Gasteiger partial charge in [0, 0.05) is 27.2 Å². The summed E-state index contributed by atoms with van der Waals surface area (Å²) in [7, 11) is -1.03. The van der Waals surface area contributed by atoms with Crippen molar-refractivity contribution in [3.05, 3.63) is 37.5 Å². The minimum Gasteiger partial charge on any atom is -0.382 e. The zero-order valence-corrected chi connectivity index (χ0v) is 35.3. The normalized spacial score (nSPS) is 21.0. The Morgan fingerprint density at radius 1 is 0.796 bits per heavy atom. The van der Waals surface area contributed by atoms with Gasteiger partial charge in [0.15, 0.2) is 6.29 Å². The van der Waals surface area contributed by atoms with Crippen molar-refractivity contribution in [1.82, 2.24) is 5.32 Å². The largest absolute Gasteiger partial charge is 0.475 e. The van der Waals surface area contributed by atoms with Crippen LogP contribution in [0.4, 0.5) is 0 Å². The van der Waals surface area contributed by atoms with Gasteiger partial charge >= 0.3 is 7.82 Å². The van der Waals surface area contributed by atoms with Crippen LogP contribution in [0.25, 0.3) is 0 Å². The van der Waals surface area contributed by atoms with Crippen molar-refractivity contribution in [3.63, 3.8) is 0 Å². The number of unbranched alkanes of at least 4 members (excludes halogenated alkanes) is 15. The van der Waals surface area contributed by atoms with Crippen LogP contribution in [0.1, 0.15) is 149 Å². The van der Waals surface area contributed by atoms with E-state index in [1.54, 1.807) is 7.11 Å². The van der Waals surface area contributed by atoms with Gasteiger partial charge in [-0.05, 0) is 44.9 Å². The van der Waals surface area contributed by atoms with Crippen molar-refractivity contribution >= 4 is 13.7 Å². The molecule has 0 saturated carbocycles. The first kappa shape index (κ1) is 50.6. The molecule has 0 spiro atoms. The zero-order valence-electron chi connectivity index (χ0n) is 34.4. The molecule has 316 valence electrons. The molecule has 1 saturated heterocycles.